The van der Waals surface area contributed by atoms with Gasteiger partial charge in [-0.1, -0.05) is 6.07 Å². The number of rotatable bonds is 5. The maximum atomic E-state index is 14.4. The molecule has 0 spiro atoms. The van der Waals surface area contributed by atoms with Crippen molar-refractivity contribution in [3.63, 3.8) is 0 Å². The molecule has 0 aliphatic rings. The number of carbonyl (C=O) groups excluding carboxylic acids is 3. The Labute approximate surface area is 165 Å². The molecule has 0 atom stereocenters. The molecule has 2 aromatic carbocycles. The molecule has 9 heteroatoms. The zero-order valence-corrected chi connectivity index (χ0v) is 15.9. The van der Waals surface area contributed by atoms with Crippen LogP contribution in [0.5, 0.6) is 0 Å². The van der Waals surface area contributed by atoms with Crippen LogP contribution in [0.15, 0.2) is 30.3 Å². The second-order valence-electron chi connectivity index (χ2n) is 7.10. The van der Waals surface area contributed by atoms with Gasteiger partial charge in [0.25, 0.3) is 5.91 Å². The Hall–Kier alpha value is -3.36. The zero-order valence-electron chi connectivity index (χ0n) is 15.9. The highest BCUT2D eigenvalue weighted by molar-refractivity contribution is 5.99. The number of anilines is 1. The lowest BCUT2D eigenvalue weighted by Gasteiger charge is -2.20. The lowest BCUT2D eigenvalue weighted by atomic mass is 10.1. The van der Waals surface area contributed by atoms with E-state index in [0.29, 0.717) is 6.29 Å². The fraction of sp³-hybridized carbons (Fsp3) is 0.250. The Bertz CT molecular complexity index is 955. The van der Waals surface area contributed by atoms with Crippen molar-refractivity contribution in [2.24, 2.45) is 0 Å². The fourth-order valence-electron chi connectivity index (χ4n) is 2.31. The molecule has 6 nitrogen and oxygen atoms in total. The lowest BCUT2D eigenvalue weighted by Crippen LogP contribution is -2.28. The Morgan fingerprint density at radius 3 is 2.31 bits per heavy atom. The summed E-state index contributed by atoms with van der Waals surface area (Å²) >= 11 is 0. The molecule has 2 rings (SSSR count). The van der Waals surface area contributed by atoms with Gasteiger partial charge in [0, 0.05) is 12.1 Å². The van der Waals surface area contributed by atoms with Crippen LogP contribution in [0.3, 0.4) is 0 Å². The Morgan fingerprint density at radius 1 is 1.03 bits per heavy atom. The molecule has 29 heavy (non-hydrogen) atoms. The number of hydrogen-bond donors (Lipinski definition) is 2. The summed E-state index contributed by atoms with van der Waals surface area (Å²) in [4.78, 5) is 35.4. The van der Waals surface area contributed by atoms with Gasteiger partial charge < -0.3 is 10.1 Å². The summed E-state index contributed by atoms with van der Waals surface area (Å²) < 4.78 is 45.6. The van der Waals surface area contributed by atoms with Crippen molar-refractivity contribution in [2.45, 2.75) is 32.9 Å². The van der Waals surface area contributed by atoms with Crippen LogP contribution < -0.4 is 10.6 Å². The Balaban J connectivity index is 2.16. The molecule has 0 fully saturated rings. The SMILES string of the molecule is CC(C)(C)OC(=O)Nc1cc(F)c(C(=O)NCc2ccc(F)c(F)c2)cc1C=O. The number of nitrogens with one attached hydrogen (secondary N) is 2. The smallest absolute Gasteiger partial charge is 0.412 e. The number of aldehydes is 1. The molecule has 2 N–H and O–H groups in total. The van der Waals surface area contributed by atoms with Gasteiger partial charge in [0.15, 0.2) is 17.9 Å². The van der Waals surface area contributed by atoms with Gasteiger partial charge in [0.1, 0.15) is 11.4 Å². The van der Waals surface area contributed by atoms with E-state index in [1.165, 1.54) is 6.07 Å². The van der Waals surface area contributed by atoms with Crippen molar-refractivity contribution < 1.29 is 32.3 Å². The average molecular weight is 408 g/mol. The minimum Gasteiger partial charge on any atom is -0.444 e. The Kier molecular flexibility index (Phi) is 6.63. The number of carbonyl (C=O) groups is 3. The van der Waals surface area contributed by atoms with Crippen molar-refractivity contribution in [3.8, 4) is 0 Å². The van der Waals surface area contributed by atoms with Gasteiger partial charge in [-0.3, -0.25) is 14.9 Å². The number of benzene rings is 2. The summed E-state index contributed by atoms with van der Waals surface area (Å²) in [6, 6.07) is 4.85. The van der Waals surface area contributed by atoms with Crippen molar-refractivity contribution >= 4 is 24.0 Å². The molecule has 0 radical (unpaired) electrons. The van der Waals surface area contributed by atoms with Crippen LogP contribution in [0.25, 0.3) is 0 Å². The summed E-state index contributed by atoms with van der Waals surface area (Å²) in [7, 11) is 0. The van der Waals surface area contributed by atoms with E-state index >= 15 is 0 Å². The van der Waals surface area contributed by atoms with E-state index in [-0.39, 0.29) is 23.4 Å². The van der Waals surface area contributed by atoms with Crippen molar-refractivity contribution in [1.82, 2.24) is 5.32 Å². The minimum absolute atomic E-state index is 0.143. The molecule has 0 aliphatic carbocycles. The first kappa shape index (κ1) is 21.9. The number of amides is 2. The number of ether oxygens (including phenoxy) is 1. The van der Waals surface area contributed by atoms with Crippen molar-refractivity contribution in [2.75, 3.05) is 5.32 Å². The minimum atomic E-state index is -1.08. The average Bonchev–Trinajstić information content (AvgIpc) is 2.61. The summed E-state index contributed by atoms with van der Waals surface area (Å²) in [6.45, 7) is 4.71. The molecule has 154 valence electrons. The highest BCUT2D eigenvalue weighted by Crippen LogP contribution is 2.21. The molecule has 0 aliphatic heterocycles. The normalized spacial score (nSPS) is 11.0. The van der Waals surface area contributed by atoms with E-state index in [1.54, 1.807) is 20.8 Å². The first-order valence-electron chi connectivity index (χ1n) is 8.51. The fourth-order valence-corrected chi connectivity index (χ4v) is 2.31. The molecule has 0 aromatic heterocycles. The number of hydrogen-bond acceptors (Lipinski definition) is 4. The quantitative estimate of drug-likeness (QED) is 0.727. The molecule has 2 aromatic rings. The molecular formula is C20H19F3N2O4. The van der Waals surface area contributed by atoms with E-state index in [2.05, 4.69) is 10.6 Å². The highest BCUT2D eigenvalue weighted by atomic mass is 19.2. The van der Waals surface area contributed by atoms with Crippen LogP contribution in [0.1, 0.15) is 47.1 Å². The van der Waals surface area contributed by atoms with E-state index in [9.17, 15) is 27.6 Å². The van der Waals surface area contributed by atoms with Crippen LogP contribution in [-0.2, 0) is 11.3 Å². The van der Waals surface area contributed by atoms with Gasteiger partial charge in [-0.15, -0.1) is 0 Å². The van der Waals surface area contributed by atoms with Gasteiger partial charge in [-0.2, -0.15) is 0 Å². The zero-order chi connectivity index (χ0) is 21.8. The maximum Gasteiger partial charge on any atom is 0.412 e. The van der Waals surface area contributed by atoms with E-state index in [0.717, 1.165) is 24.3 Å². The van der Waals surface area contributed by atoms with Gasteiger partial charge in [-0.05, 0) is 50.6 Å². The topological polar surface area (TPSA) is 84.5 Å². The third-order valence-corrected chi connectivity index (χ3v) is 3.58. The van der Waals surface area contributed by atoms with Crippen LogP contribution in [0, 0.1) is 17.5 Å². The van der Waals surface area contributed by atoms with Crippen molar-refractivity contribution in [1.29, 1.82) is 0 Å². The van der Waals surface area contributed by atoms with Gasteiger partial charge in [0.05, 0.1) is 11.3 Å². The number of halogens is 3. The van der Waals surface area contributed by atoms with Crippen LogP contribution in [0.4, 0.5) is 23.7 Å². The molecule has 0 bridgehead atoms. The molecule has 0 unspecified atom stereocenters. The van der Waals surface area contributed by atoms with Gasteiger partial charge in [0.2, 0.25) is 0 Å². The molecule has 0 saturated carbocycles. The predicted molar refractivity (Wildman–Crippen MR) is 99.2 cm³/mol. The summed E-state index contributed by atoms with van der Waals surface area (Å²) in [5.74, 6) is -3.98. The second kappa shape index (κ2) is 8.76. The van der Waals surface area contributed by atoms with Gasteiger partial charge in [-0.25, -0.2) is 18.0 Å². The van der Waals surface area contributed by atoms with Crippen LogP contribution in [0.2, 0.25) is 0 Å². The maximum absolute atomic E-state index is 14.4. The predicted octanol–water partition coefficient (Wildman–Crippen LogP) is 4.19. The molecule has 0 saturated heterocycles. The largest absolute Gasteiger partial charge is 0.444 e. The van der Waals surface area contributed by atoms with E-state index in [1.807, 2.05) is 0 Å². The van der Waals surface area contributed by atoms with E-state index in [4.69, 9.17) is 4.74 Å². The third kappa shape index (κ3) is 6.06. The first-order valence-corrected chi connectivity index (χ1v) is 8.51. The third-order valence-electron chi connectivity index (χ3n) is 3.58. The summed E-state index contributed by atoms with van der Waals surface area (Å²) in [5, 5.41) is 4.60. The Morgan fingerprint density at radius 2 is 1.72 bits per heavy atom. The standard InChI is InChI=1S/C20H19F3N2O4/c1-20(2,3)29-19(28)25-17-8-15(22)13(7-12(17)10-26)18(27)24-9-11-4-5-14(21)16(23)6-11/h4-8,10H,9H2,1-3H3,(H,24,27)(H,25,28). The van der Waals surface area contributed by atoms with Crippen molar-refractivity contribution in [3.05, 3.63) is 64.5 Å². The first-order chi connectivity index (χ1) is 13.5. The lowest BCUT2D eigenvalue weighted by molar-refractivity contribution is 0.0635. The molecular weight excluding hydrogens is 389 g/mol. The van der Waals surface area contributed by atoms with Crippen LogP contribution in [-0.4, -0.2) is 23.9 Å². The monoisotopic (exact) mass is 408 g/mol. The van der Waals surface area contributed by atoms with Gasteiger partial charge >= 0.3 is 6.09 Å². The summed E-state index contributed by atoms with van der Waals surface area (Å²) in [5.41, 5.74) is -1.30. The van der Waals surface area contributed by atoms with E-state index < -0.39 is 40.6 Å². The summed E-state index contributed by atoms with van der Waals surface area (Å²) in [6.07, 6.45) is -0.548. The van der Waals surface area contributed by atoms with Crippen LogP contribution >= 0.6 is 0 Å². The molecule has 2 amide bonds. The highest BCUT2D eigenvalue weighted by Gasteiger charge is 2.20. The second-order valence-corrected chi connectivity index (χ2v) is 7.10. The molecule has 0 heterocycles.